The summed E-state index contributed by atoms with van der Waals surface area (Å²) in [6.07, 6.45) is 1.65. The molecule has 1 aromatic heterocycles. The summed E-state index contributed by atoms with van der Waals surface area (Å²) < 4.78 is 22.4. The SMILES string of the molecule is Cc1cnc(Nc2ccc(S(N)(=O)=O)cc2)nc1N[C@H](C)CO. The molecule has 8 nitrogen and oxygen atoms in total. The fourth-order valence-electron chi connectivity index (χ4n) is 1.78. The molecule has 1 atom stereocenters. The maximum Gasteiger partial charge on any atom is 0.238 e. The first kappa shape index (κ1) is 17.1. The first-order valence-electron chi connectivity index (χ1n) is 6.90. The molecule has 0 amide bonds. The van der Waals surface area contributed by atoms with Crippen molar-refractivity contribution in [1.29, 1.82) is 0 Å². The number of sulfonamides is 1. The van der Waals surface area contributed by atoms with E-state index < -0.39 is 10.0 Å². The van der Waals surface area contributed by atoms with E-state index in [1.165, 1.54) is 12.1 Å². The zero-order chi connectivity index (χ0) is 17.0. The molecule has 23 heavy (non-hydrogen) atoms. The number of nitrogens with two attached hydrogens (primary N) is 1. The lowest BCUT2D eigenvalue weighted by Crippen LogP contribution is -2.21. The quantitative estimate of drug-likeness (QED) is 0.618. The lowest BCUT2D eigenvalue weighted by molar-refractivity contribution is 0.281. The van der Waals surface area contributed by atoms with Gasteiger partial charge in [0, 0.05) is 23.5 Å². The Kier molecular flexibility index (Phi) is 5.14. The second-order valence-electron chi connectivity index (χ2n) is 5.15. The largest absolute Gasteiger partial charge is 0.394 e. The summed E-state index contributed by atoms with van der Waals surface area (Å²) in [6, 6.07) is 5.82. The van der Waals surface area contributed by atoms with Gasteiger partial charge in [-0.1, -0.05) is 0 Å². The minimum absolute atomic E-state index is 0.0127. The van der Waals surface area contributed by atoms with Crippen molar-refractivity contribution in [3.05, 3.63) is 36.0 Å². The van der Waals surface area contributed by atoms with Gasteiger partial charge in [-0.3, -0.25) is 0 Å². The van der Waals surface area contributed by atoms with E-state index >= 15 is 0 Å². The Hall–Kier alpha value is -2.23. The van der Waals surface area contributed by atoms with Gasteiger partial charge in [0.15, 0.2) is 0 Å². The van der Waals surface area contributed by atoms with Crippen LogP contribution in [0.15, 0.2) is 35.4 Å². The number of aryl methyl sites for hydroxylation is 1. The Morgan fingerprint density at radius 1 is 1.30 bits per heavy atom. The van der Waals surface area contributed by atoms with Gasteiger partial charge in [0.05, 0.1) is 11.5 Å². The molecule has 0 radical (unpaired) electrons. The number of aliphatic hydroxyl groups excluding tert-OH is 1. The van der Waals surface area contributed by atoms with Gasteiger partial charge >= 0.3 is 0 Å². The van der Waals surface area contributed by atoms with Gasteiger partial charge < -0.3 is 15.7 Å². The molecule has 124 valence electrons. The normalized spacial score (nSPS) is 12.7. The average molecular weight is 337 g/mol. The number of nitrogens with one attached hydrogen (secondary N) is 2. The van der Waals surface area contributed by atoms with Crippen LogP contribution in [0.2, 0.25) is 0 Å². The average Bonchev–Trinajstić information content (AvgIpc) is 2.50. The Labute approximate surface area is 134 Å². The number of hydrogen-bond acceptors (Lipinski definition) is 7. The molecule has 0 saturated heterocycles. The fraction of sp³-hybridized carbons (Fsp3) is 0.286. The van der Waals surface area contributed by atoms with Crippen molar-refractivity contribution >= 4 is 27.5 Å². The Balaban J connectivity index is 2.18. The third-order valence-corrected chi connectivity index (χ3v) is 4.00. The molecule has 5 N–H and O–H groups in total. The minimum atomic E-state index is -3.71. The lowest BCUT2D eigenvalue weighted by atomic mass is 10.3. The van der Waals surface area contributed by atoms with Crippen LogP contribution in [0.4, 0.5) is 17.5 Å². The van der Waals surface area contributed by atoms with Gasteiger partial charge in [-0.2, -0.15) is 4.98 Å². The van der Waals surface area contributed by atoms with Crippen LogP contribution in [0.1, 0.15) is 12.5 Å². The van der Waals surface area contributed by atoms with Gasteiger partial charge in [0.1, 0.15) is 5.82 Å². The van der Waals surface area contributed by atoms with Crippen molar-refractivity contribution in [2.75, 3.05) is 17.2 Å². The Bertz CT molecular complexity index is 777. The van der Waals surface area contributed by atoms with Gasteiger partial charge in [0.25, 0.3) is 0 Å². The van der Waals surface area contributed by atoms with Gasteiger partial charge in [-0.05, 0) is 38.1 Å². The second-order valence-corrected chi connectivity index (χ2v) is 6.71. The van der Waals surface area contributed by atoms with E-state index in [9.17, 15) is 8.42 Å². The third-order valence-electron chi connectivity index (χ3n) is 3.07. The van der Waals surface area contributed by atoms with Crippen LogP contribution in [0.25, 0.3) is 0 Å². The molecule has 0 spiro atoms. The van der Waals surface area contributed by atoms with Crippen LogP contribution >= 0.6 is 0 Å². The van der Waals surface area contributed by atoms with Crippen molar-refractivity contribution in [3.63, 3.8) is 0 Å². The van der Waals surface area contributed by atoms with Crippen LogP contribution in [0.5, 0.6) is 0 Å². The molecule has 2 aromatic rings. The Morgan fingerprint density at radius 2 is 1.96 bits per heavy atom. The highest BCUT2D eigenvalue weighted by Gasteiger charge is 2.09. The second kappa shape index (κ2) is 6.90. The molecule has 0 bridgehead atoms. The predicted molar refractivity (Wildman–Crippen MR) is 88.0 cm³/mol. The van der Waals surface area contributed by atoms with E-state index in [1.54, 1.807) is 18.3 Å². The lowest BCUT2D eigenvalue weighted by Gasteiger charge is -2.14. The van der Waals surface area contributed by atoms with Gasteiger partial charge in [0.2, 0.25) is 16.0 Å². The maximum atomic E-state index is 11.2. The zero-order valence-corrected chi connectivity index (χ0v) is 13.6. The summed E-state index contributed by atoms with van der Waals surface area (Å²) in [7, 11) is -3.71. The van der Waals surface area contributed by atoms with Crippen LogP contribution in [0, 0.1) is 6.92 Å². The summed E-state index contributed by atoms with van der Waals surface area (Å²) in [4.78, 5) is 8.54. The fourth-order valence-corrected chi connectivity index (χ4v) is 2.30. The summed E-state index contributed by atoms with van der Waals surface area (Å²) in [6.45, 7) is 3.68. The smallest absolute Gasteiger partial charge is 0.238 e. The molecule has 1 heterocycles. The van der Waals surface area contributed by atoms with Crippen molar-refractivity contribution in [2.24, 2.45) is 5.14 Å². The third kappa shape index (κ3) is 4.62. The number of primary sulfonamides is 1. The molecular formula is C14H19N5O3S. The number of anilines is 3. The number of benzene rings is 1. The zero-order valence-electron chi connectivity index (χ0n) is 12.8. The molecule has 0 aliphatic carbocycles. The maximum absolute atomic E-state index is 11.2. The molecule has 0 aliphatic rings. The minimum Gasteiger partial charge on any atom is -0.394 e. The van der Waals surface area contributed by atoms with E-state index in [-0.39, 0.29) is 17.5 Å². The molecule has 1 aromatic carbocycles. The van der Waals surface area contributed by atoms with Crippen molar-refractivity contribution < 1.29 is 13.5 Å². The highest BCUT2D eigenvalue weighted by atomic mass is 32.2. The Morgan fingerprint density at radius 3 is 2.52 bits per heavy atom. The van der Waals surface area contributed by atoms with Gasteiger partial charge in [-0.25, -0.2) is 18.5 Å². The predicted octanol–water partition coefficient (Wildman–Crippen LogP) is 0.969. The summed E-state index contributed by atoms with van der Waals surface area (Å²) in [5.41, 5.74) is 1.47. The molecule has 9 heteroatoms. The molecule has 0 aliphatic heterocycles. The summed E-state index contributed by atoms with van der Waals surface area (Å²) in [5.74, 6) is 0.969. The molecule has 0 fully saturated rings. The standard InChI is InChI=1S/C14H19N5O3S/c1-9-7-16-14(19-13(9)17-10(2)8-20)18-11-3-5-12(6-4-11)23(15,21)22/h3-7,10,20H,8H2,1-2H3,(H2,15,21,22)(H2,16,17,18,19)/t10-/m1/s1. The van der Waals surface area contributed by atoms with Crippen LogP contribution in [0.3, 0.4) is 0 Å². The van der Waals surface area contributed by atoms with Crippen LogP contribution < -0.4 is 15.8 Å². The topological polar surface area (TPSA) is 130 Å². The first-order valence-corrected chi connectivity index (χ1v) is 8.45. The van der Waals surface area contributed by atoms with Crippen molar-refractivity contribution in [1.82, 2.24) is 9.97 Å². The van der Waals surface area contributed by atoms with Gasteiger partial charge in [-0.15, -0.1) is 0 Å². The summed E-state index contributed by atoms with van der Waals surface area (Å²) in [5, 5.41) is 20.2. The number of rotatable bonds is 6. The van der Waals surface area contributed by atoms with Crippen molar-refractivity contribution in [2.45, 2.75) is 24.8 Å². The first-order chi connectivity index (χ1) is 10.8. The van der Waals surface area contributed by atoms with E-state index in [0.717, 1.165) is 5.56 Å². The molecule has 0 unspecified atom stereocenters. The highest BCUT2D eigenvalue weighted by molar-refractivity contribution is 7.89. The molecular weight excluding hydrogens is 318 g/mol. The number of nitrogens with zero attached hydrogens (tertiary/aromatic N) is 2. The van der Waals surface area contributed by atoms with E-state index in [0.29, 0.717) is 17.5 Å². The van der Waals surface area contributed by atoms with Crippen LogP contribution in [-0.4, -0.2) is 36.1 Å². The van der Waals surface area contributed by atoms with E-state index in [4.69, 9.17) is 10.2 Å². The number of aliphatic hydroxyl groups is 1. The number of hydrogen-bond donors (Lipinski definition) is 4. The van der Waals surface area contributed by atoms with E-state index in [1.807, 2.05) is 13.8 Å². The summed E-state index contributed by atoms with van der Waals surface area (Å²) >= 11 is 0. The molecule has 2 rings (SSSR count). The number of aromatic nitrogens is 2. The molecule has 0 saturated carbocycles. The van der Waals surface area contributed by atoms with Crippen molar-refractivity contribution in [3.8, 4) is 0 Å². The highest BCUT2D eigenvalue weighted by Crippen LogP contribution is 2.19. The van der Waals surface area contributed by atoms with E-state index in [2.05, 4.69) is 20.6 Å². The monoisotopic (exact) mass is 337 g/mol. The van der Waals surface area contributed by atoms with Crippen LogP contribution in [-0.2, 0) is 10.0 Å².